The number of thiazole rings is 1. The number of halogens is 1. The Morgan fingerprint density at radius 1 is 1.33 bits per heavy atom. The molecule has 0 N–H and O–H groups in total. The summed E-state index contributed by atoms with van der Waals surface area (Å²) in [5.41, 5.74) is 1.58. The first-order chi connectivity index (χ1) is 14.3. The highest BCUT2D eigenvalue weighted by Gasteiger charge is 2.38. The minimum atomic E-state index is -3.50. The zero-order valence-electron chi connectivity index (χ0n) is 16.4. The number of sulfonamides is 1. The largest absolute Gasteiger partial charge is 0.282 e. The van der Waals surface area contributed by atoms with Crippen LogP contribution in [0, 0.1) is 0 Å². The topological polar surface area (TPSA) is 83.5 Å². The van der Waals surface area contributed by atoms with Gasteiger partial charge in [-0.25, -0.2) is 13.4 Å². The lowest BCUT2D eigenvalue weighted by Crippen LogP contribution is -2.52. The van der Waals surface area contributed by atoms with Crippen molar-refractivity contribution >= 4 is 54.2 Å². The van der Waals surface area contributed by atoms with Crippen LogP contribution in [-0.2, 0) is 21.4 Å². The molecular weight excluding hydrogens is 444 g/mol. The summed E-state index contributed by atoms with van der Waals surface area (Å²) in [6.07, 6.45) is 6.56. The first-order valence-corrected chi connectivity index (χ1v) is 12.6. The molecule has 0 spiro atoms. The van der Waals surface area contributed by atoms with Crippen LogP contribution in [0.2, 0.25) is 5.02 Å². The van der Waals surface area contributed by atoms with Gasteiger partial charge in [-0.1, -0.05) is 35.4 Å². The zero-order valence-corrected chi connectivity index (χ0v) is 18.8. The van der Waals surface area contributed by atoms with Gasteiger partial charge in [-0.2, -0.15) is 4.31 Å². The standard InChI is InChI=1S/C20H21ClN4O3S2/c1-30(27,28)25-10-3-2-6-17(25)19(26)24(13-14-5-4-9-22-12-14)20-23-16-8-7-15(21)11-18(16)29-20/h4-5,7-9,11-12,17H,2-3,6,10,13H2,1H3. The van der Waals surface area contributed by atoms with Crippen molar-refractivity contribution in [1.82, 2.24) is 14.3 Å². The van der Waals surface area contributed by atoms with Crippen LogP contribution in [0.4, 0.5) is 5.13 Å². The second kappa shape index (κ2) is 8.58. The molecule has 158 valence electrons. The zero-order chi connectivity index (χ0) is 21.3. The Balaban J connectivity index is 1.74. The summed E-state index contributed by atoms with van der Waals surface area (Å²) in [7, 11) is -3.50. The first kappa shape index (κ1) is 21.2. The van der Waals surface area contributed by atoms with Crippen molar-refractivity contribution in [2.45, 2.75) is 31.8 Å². The molecule has 1 aromatic carbocycles. The van der Waals surface area contributed by atoms with E-state index in [1.54, 1.807) is 29.4 Å². The van der Waals surface area contributed by atoms with Crippen LogP contribution in [0.1, 0.15) is 24.8 Å². The molecule has 1 fully saturated rings. The molecule has 30 heavy (non-hydrogen) atoms. The molecule has 1 aliphatic heterocycles. The predicted molar refractivity (Wildman–Crippen MR) is 119 cm³/mol. The maximum Gasteiger partial charge on any atom is 0.247 e. The van der Waals surface area contributed by atoms with E-state index < -0.39 is 16.1 Å². The van der Waals surface area contributed by atoms with Crippen molar-refractivity contribution < 1.29 is 13.2 Å². The first-order valence-electron chi connectivity index (χ1n) is 9.56. The molecule has 7 nitrogen and oxygen atoms in total. The van der Waals surface area contributed by atoms with E-state index in [9.17, 15) is 13.2 Å². The molecule has 1 atom stereocenters. The molecule has 3 aromatic rings. The van der Waals surface area contributed by atoms with Gasteiger partial charge >= 0.3 is 0 Å². The number of rotatable bonds is 5. The third-order valence-corrected chi connectivity index (χ3v) is 7.63. The second-order valence-corrected chi connectivity index (χ2v) is 10.7. The summed E-state index contributed by atoms with van der Waals surface area (Å²) in [5, 5.41) is 1.11. The Kier molecular flexibility index (Phi) is 6.06. The molecule has 1 unspecified atom stereocenters. The number of carbonyl (C=O) groups is 1. The van der Waals surface area contributed by atoms with E-state index in [4.69, 9.17) is 11.6 Å². The van der Waals surface area contributed by atoms with Gasteiger partial charge in [0.2, 0.25) is 15.9 Å². The van der Waals surface area contributed by atoms with Crippen LogP contribution in [0.25, 0.3) is 10.2 Å². The third-order valence-electron chi connectivity index (χ3n) is 5.06. The number of piperidine rings is 1. The lowest BCUT2D eigenvalue weighted by Gasteiger charge is -2.35. The summed E-state index contributed by atoms with van der Waals surface area (Å²) in [6, 6.07) is 8.34. The summed E-state index contributed by atoms with van der Waals surface area (Å²) in [6.45, 7) is 0.611. The van der Waals surface area contributed by atoms with Crippen molar-refractivity contribution in [2.24, 2.45) is 0 Å². The normalized spacial score (nSPS) is 17.9. The number of nitrogens with zero attached hydrogens (tertiary/aromatic N) is 4. The van der Waals surface area contributed by atoms with Crippen molar-refractivity contribution in [1.29, 1.82) is 0 Å². The molecule has 2 aromatic heterocycles. The van der Waals surface area contributed by atoms with Gasteiger partial charge in [0.1, 0.15) is 6.04 Å². The third kappa shape index (κ3) is 4.49. The molecule has 4 rings (SSSR count). The average molecular weight is 465 g/mol. The van der Waals surface area contributed by atoms with Crippen molar-refractivity contribution in [2.75, 3.05) is 17.7 Å². The van der Waals surface area contributed by atoms with Gasteiger partial charge < -0.3 is 0 Å². The Morgan fingerprint density at radius 3 is 2.90 bits per heavy atom. The number of aromatic nitrogens is 2. The van der Waals surface area contributed by atoms with Crippen LogP contribution in [0.3, 0.4) is 0 Å². The van der Waals surface area contributed by atoms with Gasteiger partial charge in [-0.3, -0.25) is 14.7 Å². The number of anilines is 1. The fraction of sp³-hybridized carbons (Fsp3) is 0.350. The van der Waals surface area contributed by atoms with Crippen LogP contribution in [-0.4, -0.2) is 47.4 Å². The highest BCUT2D eigenvalue weighted by atomic mass is 35.5. The summed E-state index contributed by atoms with van der Waals surface area (Å²) < 4.78 is 26.8. The van der Waals surface area contributed by atoms with Crippen molar-refractivity contribution in [3.63, 3.8) is 0 Å². The molecule has 0 radical (unpaired) electrons. The number of benzene rings is 1. The SMILES string of the molecule is CS(=O)(=O)N1CCCCC1C(=O)N(Cc1cccnc1)c1nc2ccc(Cl)cc2s1. The number of hydrogen-bond acceptors (Lipinski definition) is 6. The maximum atomic E-state index is 13.6. The molecule has 1 amide bonds. The number of carbonyl (C=O) groups excluding carboxylic acids is 1. The predicted octanol–water partition coefficient (Wildman–Crippen LogP) is 3.69. The average Bonchev–Trinajstić information content (AvgIpc) is 3.14. The fourth-order valence-electron chi connectivity index (χ4n) is 3.64. The molecule has 1 saturated heterocycles. The monoisotopic (exact) mass is 464 g/mol. The molecule has 0 saturated carbocycles. The highest BCUT2D eigenvalue weighted by molar-refractivity contribution is 7.88. The van der Waals surface area contributed by atoms with E-state index in [1.165, 1.54) is 15.6 Å². The summed E-state index contributed by atoms with van der Waals surface area (Å²) >= 11 is 7.47. The van der Waals surface area contributed by atoms with E-state index >= 15 is 0 Å². The number of hydrogen-bond donors (Lipinski definition) is 0. The van der Waals surface area contributed by atoms with Gasteiger partial charge in [-0.15, -0.1) is 0 Å². The van der Waals surface area contributed by atoms with Crippen molar-refractivity contribution in [3.8, 4) is 0 Å². The van der Waals surface area contributed by atoms with Crippen LogP contribution >= 0.6 is 22.9 Å². The lowest BCUT2D eigenvalue weighted by atomic mass is 10.0. The van der Waals surface area contributed by atoms with Gasteiger partial charge in [0.25, 0.3) is 0 Å². The Morgan fingerprint density at radius 2 is 2.17 bits per heavy atom. The fourth-order valence-corrected chi connectivity index (χ4v) is 6.01. The van der Waals surface area contributed by atoms with E-state index in [1.807, 2.05) is 18.2 Å². The van der Waals surface area contributed by atoms with Crippen LogP contribution < -0.4 is 4.90 Å². The maximum absolute atomic E-state index is 13.6. The summed E-state index contributed by atoms with van der Waals surface area (Å²) in [5.74, 6) is -0.269. The number of pyridine rings is 1. The van der Waals surface area contributed by atoms with Crippen LogP contribution in [0.15, 0.2) is 42.7 Å². The number of amides is 1. The lowest BCUT2D eigenvalue weighted by molar-refractivity contribution is -0.123. The van der Waals surface area contributed by atoms with Gasteiger partial charge in [-0.05, 0) is 42.7 Å². The van der Waals surface area contributed by atoms with E-state index in [0.717, 1.165) is 34.9 Å². The number of fused-ring (bicyclic) bond motifs is 1. The molecule has 0 aliphatic carbocycles. The van der Waals surface area contributed by atoms with Gasteiger partial charge in [0.15, 0.2) is 5.13 Å². The van der Waals surface area contributed by atoms with Crippen LogP contribution in [0.5, 0.6) is 0 Å². The summed E-state index contributed by atoms with van der Waals surface area (Å²) in [4.78, 5) is 24.0. The molecule has 1 aliphatic rings. The highest BCUT2D eigenvalue weighted by Crippen LogP contribution is 2.33. The second-order valence-electron chi connectivity index (χ2n) is 7.28. The Bertz CT molecular complexity index is 1170. The quantitative estimate of drug-likeness (QED) is 0.575. The van der Waals surface area contributed by atoms with Gasteiger partial charge in [0, 0.05) is 24.0 Å². The van der Waals surface area contributed by atoms with E-state index in [-0.39, 0.29) is 12.5 Å². The molecular formula is C20H21ClN4O3S2. The van der Waals surface area contributed by atoms with E-state index in [2.05, 4.69) is 9.97 Å². The smallest absolute Gasteiger partial charge is 0.247 e. The molecule has 3 heterocycles. The Hall–Kier alpha value is -2.07. The molecule has 0 bridgehead atoms. The Labute approximate surface area is 184 Å². The molecule has 10 heteroatoms. The van der Waals surface area contributed by atoms with Gasteiger partial charge in [0.05, 0.1) is 23.0 Å². The van der Waals surface area contributed by atoms with E-state index in [0.29, 0.717) is 23.1 Å². The minimum Gasteiger partial charge on any atom is -0.282 e. The van der Waals surface area contributed by atoms with Crippen molar-refractivity contribution in [3.05, 3.63) is 53.3 Å². The minimum absolute atomic E-state index is 0.258.